The van der Waals surface area contributed by atoms with Crippen molar-refractivity contribution in [3.05, 3.63) is 98.9 Å². The van der Waals surface area contributed by atoms with Gasteiger partial charge in [-0.05, 0) is 41.6 Å². The second-order valence-corrected chi connectivity index (χ2v) is 8.49. The van der Waals surface area contributed by atoms with Gasteiger partial charge in [0.25, 0.3) is 5.91 Å². The lowest BCUT2D eigenvalue weighted by molar-refractivity contribution is -0.136. The number of thiophene rings is 1. The van der Waals surface area contributed by atoms with Crippen molar-refractivity contribution in [2.75, 3.05) is 0 Å². The molecule has 1 amide bonds. The van der Waals surface area contributed by atoms with Crippen LogP contribution < -0.4 is 5.32 Å². The van der Waals surface area contributed by atoms with Crippen LogP contribution in [0.2, 0.25) is 0 Å². The predicted molar refractivity (Wildman–Crippen MR) is 125 cm³/mol. The molecule has 2 aromatic carbocycles. The molecule has 178 valence electrons. The number of rotatable bonds is 6. The van der Waals surface area contributed by atoms with Crippen LogP contribution in [0.25, 0.3) is 21.8 Å². The van der Waals surface area contributed by atoms with E-state index in [0.717, 1.165) is 24.1 Å². The van der Waals surface area contributed by atoms with Crippen molar-refractivity contribution in [1.82, 2.24) is 15.1 Å². The molecule has 4 rings (SSSR count). The van der Waals surface area contributed by atoms with Crippen LogP contribution in [0.3, 0.4) is 0 Å². The third-order valence-electron chi connectivity index (χ3n) is 5.38. The molecular formula is C25H18F4N4OS. The van der Waals surface area contributed by atoms with Gasteiger partial charge in [0.1, 0.15) is 5.82 Å². The van der Waals surface area contributed by atoms with E-state index in [2.05, 4.69) is 15.3 Å². The van der Waals surface area contributed by atoms with Crippen LogP contribution in [-0.4, -0.2) is 15.7 Å². The van der Waals surface area contributed by atoms with Crippen molar-refractivity contribution in [2.24, 2.45) is 0 Å². The third kappa shape index (κ3) is 5.10. The Morgan fingerprint density at radius 1 is 1.14 bits per heavy atom. The largest absolute Gasteiger partial charge is 0.407 e. The highest BCUT2D eigenvalue weighted by Gasteiger charge is 2.33. The first-order valence-electron chi connectivity index (χ1n) is 10.5. The Labute approximate surface area is 202 Å². The molecular weight excluding hydrogens is 480 g/mol. The Balaban J connectivity index is 1.52. The molecule has 0 spiro atoms. The average molecular weight is 499 g/mol. The van der Waals surface area contributed by atoms with Crippen molar-refractivity contribution >= 4 is 22.9 Å². The zero-order chi connectivity index (χ0) is 25.2. The van der Waals surface area contributed by atoms with E-state index in [9.17, 15) is 22.4 Å². The molecule has 0 aliphatic rings. The summed E-state index contributed by atoms with van der Waals surface area (Å²) in [6, 6.07) is 11.1. The SMILES string of the molecule is [C-]#[N+]c1ccc(-c2ccn(-c3ccc(CNC(=O)c4sccc4CC)c(F)c3)n2)cc1C(F)(F)F. The van der Waals surface area contributed by atoms with Crippen LogP contribution in [0.4, 0.5) is 23.2 Å². The van der Waals surface area contributed by atoms with Crippen LogP contribution in [-0.2, 0) is 19.1 Å². The van der Waals surface area contributed by atoms with Gasteiger partial charge in [-0.25, -0.2) is 13.9 Å². The van der Waals surface area contributed by atoms with Gasteiger partial charge < -0.3 is 5.32 Å². The van der Waals surface area contributed by atoms with E-state index < -0.39 is 23.2 Å². The lowest BCUT2D eigenvalue weighted by Crippen LogP contribution is -2.23. The summed E-state index contributed by atoms with van der Waals surface area (Å²) in [5.74, 6) is -0.818. The molecule has 0 saturated heterocycles. The fourth-order valence-electron chi connectivity index (χ4n) is 3.53. The number of nitrogens with zero attached hydrogens (tertiary/aromatic N) is 3. The van der Waals surface area contributed by atoms with E-state index in [0.29, 0.717) is 10.6 Å². The number of aromatic nitrogens is 2. The molecule has 1 N–H and O–H groups in total. The minimum atomic E-state index is -4.67. The second-order valence-electron chi connectivity index (χ2n) is 7.57. The molecule has 0 aliphatic heterocycles. The number of amides is 1. The summed E-state index contributed by atoms with van der Waals surface area (Å²) in [5, 5.41) is 8.83. The van der Waals surface area contributed by atoms with E-state index >= 15 is 0 Å². The number of halogens is 4. The van der Waals surface area contributed by atoms with Gasteiger partial charge in [-0.3, -0.25) is 4.79 Å². The van der Waals surface area contributed by atoms with Crippen LogP contribution in [0.5, 0.6) is 0 Å². The van der Waals surface area contributed by atoms with Gasteiger partial charge in [-0.15, -0.1) is 11.3 Å². The number of carbonyl (C=O) groups excluding carboxylic acids is 1. The van der Waals surface area contributed by atoms with Gasteiger partial charge >= 0.3 is 6.18 Å². The summed E-state index contributed by atoms with van der Waals surface area (Å²) < 4.78 is 55.9. The Morgan fingerprint density at radius 2 is 1.94 bits per heavy atom. The van der Waals surface area contributed by atoms with E-state index in [4.69, 9.17) is 6.57 Å². The maximum Gasteiger partial charge on any atom is 0.407 e. The average Bonchev–Trinajstić information content (AvgIpc) is 3.52. The summed E-state index contributed by atoms with van der Waals surface area (Å²) >= 11 is 1.33. The van der Waals surface area contributed by atoms with Crippen molar-refractivity contribution in [1.29, 1.82) is 0 Å². The number of hydrogen-bond acceptors (Lipinski definition) is 3. The third-order valence-corrected chi connectivity index (χ3v) is 6.34. The minimum absolute atomic E-state index is 0.00395. The fraction of sp³-hybridized carbons (Fsp3) is 0.160. The molecule has 5 nitrogen and oxygen atoms in total. The molecule has 0 saturated carbocycles. The molecule has 2 aromatic heterocycles. The summed E-state index contributed by atoms with van der Waals surface area (Å²) in [6.07, 6.45) is -2.44. The Bertz CT molecular complexity index is 1430. The molecule has 10 heteroatoms. The van der Waals surface area contributed by atoms with E-state index in [1.807, 2.05) is 18.4 Å². The molecule has 2 heterocycles. The lowest BCUT2D eigenvalue weighted by atomic mass is 10.1. The van der Waals surface area contributed by atoms with Gasteiger partial charge in [-0.2, -0.15) is 18.3 Å². The van der Waals surface area contributed by atoms with Gasteiger partial charge in [0.05, 0.1) is 28.4 Å². The normalized spacial score (nSPS) is 11.3. The molecule has 0 bridgehead atoms. The maximum atomic E-state index is 14.7. The number of alkyl halides is 3. The van der Waals surface area contributed by atoms with Gasteiger partial charge in [0.15, 0.2) is 5.69 Å². The van der Waals surface area contributed by atoms with Crippen LogP contribution >= 0.6 is 11.3 Å². The summed E-state index contributed by atoms with van der Waals surface area (Å²) in [5.41, 5.74) is 0.484. The summed E-state index contributed by atoms with van der Waals surface area (Å²) in [6.45, 7) is 8.91. The maximum absolute atomic E-state index is 14.7. The standard InChI is InChI=1S/C25H18F4N4OS/c1-3-15-9-11-35-23(15)24(34)31-14-17-4-6-18(13-20(17)26)33-10-8-21(32-33)16-5-7-22(30-2)19(12-16)25(27,28)29/h4-13H,3,14H2,1H3,(H,31,34). The molecule has 0 atom stereocenters. The van der Waals surface area contributed by atoms with E-state index in [1.165, 1.54) is 46.5 Å². The van der Waals surface area contributed by atoms with Crippen molar-refractivity contribution in [2.45, 2.75) is 26.1 Å². The molecule has 0 unspecified atom stereocenters. The zero-order valence-corrected chi connectivity index (χ0v) is 19.2. The number of nitrogens with one attached hydrogen (secondary N) is 1. The van der Waals surface area contributed by atoms with Crippen molar-refractivity contribution < 1.29 is 22.4 Å². The van der Waals surface area contributed by atoms with Crippen molar-refractivity contribution in [3.8, 4) is 16.9 Å². The smallest absolute Gasteiger partial charge is 0.347 e. The van der Waals surface area contributed by atoms with E-state index in [1.54, 1.807) is 6.07 Å². The molecule has 0 fully saturated rings. The Hall–Kier alpha value is -3.97. The zero-order valence-electron chi connectivity index (χ0n) is 18.4. The second kappa shape index (κ2) is 9.72. The predicted octanol–water partition coefficient (Wildman–Crippen LogP) is 6.80. The topological polar surface area (TPSA) is 51.3 Å². The molecule has 35 heavy (non-hydrogen) atoms. The van der Waals surface area contributed by atoms with Gasteiger partial charge in [0, 0.05) is 23.9 Å². The van der Waals surface area contributed by atoms with Crippen LogP contribution in [0.1, 0.15) is 33.3 Å². The first kappa shape index (κ1) is 24.2. The Morgan fingerprint density at radius 3 is 2.63 bits per heavy atom. The van der Waals surface area contributed by atoms with Crippen LogP contribution in [0, 0.1) is 12.4 Å². The summed E-state index contributed by atoms with van der Waals surface area (Å²) in [7, 11) is 0. The monoisotopic (exact) mass is 498 g/mol. The fourth-order valence-corrected chi connectivity index (χ4v) is 4.44. The number of benzene rings is 2. The molecule has 0 aliphatic carbocycles. The highest BCUT2D eigenvalue weighted by atomic mass is 32.1. The minimum Gasteiger partial charge on any atom is -0.347 e. The summed E-state index contributed by atoms with van der Waals surface area (Å²) in [4.78, 5) is 15.9. The van der Waals surface area contributed by atoms with Crippen molar-refractivity contribution in [3.63, 3.8) is 0 Å². The van der Waals surface area contributed by atoms with Crippen LogP contribution in [0.15, 0.2) is 60.1 Å². The number of hydrogen-bond donors (Lipinski definition) is 1. The van der Waals surface area contributed by atoms with Gasteiger partial charge in [0.2, 0.25) is 0 Å². The molecule has 4 aromatic rings. The number of carbonyl (C=O) groups is 1. The first-order valence-corrected chi connectivity index (χ1v) is 11.4. The number of aryl methyl sites for hydroxylation is 1. The highest BCUT2D eigenvalue weighted by molar-refractivity contribution is 7.12. The quantitative estimate of drug-likeness (QED) is 0.235. The van der Waals surface area contributed by atoms with Gasteiger partial charge in [-0.1, -0.05) is 31.2 Å². The first-order chi connectivity index (χ1) is 16.7. The lowest BCUT2D eigenvalue weighted by Gasteiger charge is -2.10. The molecule has 0 radical (unpaired) electrons. The Kier molecular flexibility index (Phi) is 6.71. The highest BCUT2D eigenvalue weighted by Crippen LogP contribution is 2.38. The van der Waals surface area contributed by atoms with E-state index in [-0.39, 0.29) is 29.3 Å².